The summed E-state index contributed by atoms with van der Waals surface area (Å²) in [6.45, 7) is 4.42. The molecule has 0 aliphatic heterocycles. The molecule has 0 saturated carbocycles. The van der Waals surface area contributed by atoms with E-state index in [4.69, 9.17) is 9.84 Å². The SMILES string of the molecule is Cc1cccc(OCCSc2ccc(C)c(C(=O)O)c2)c1. The van der Waals surface area contributed by atoms with Crippen molar-refractivity contribution in [3.63, 3.8) is 0 Å². The van der Waals surface area contributed by atoms with Gasteiger partial charge in [0.2, 0.25) is 0 Å². The Kier molecular flexibility index (Phi) is 5.28. The zero-order valence-corrected chi connectivity index (χ0v) is 12.9. The fourth-order valence-electron chi connectivity index (χ4n) is 1.95. The Bertz CT molecular complexity index is 638. The average molecular weight is 302 g/mol. The van der Waals surface area contributed by atoms with Gasteiger partial charge in [0, 0.05) is 10.6 Å². The van der Waals surface area contributed by atoms with Crippen LogP contribution in [0.25, 0.3) is 0 Å². The lowest BCUT2D eigenvalue weighted by Crippen LogP contribution is -2.02. The molecule has 0 atom stereocenters. The number of carboxylic acids is 1. The van der Waals surface area contributed by atoms with E-state index >= 15 is 0 Å². The van der Waals surface area contributed by atoms with Gasteiger partial charge in [-0.05, 0) is 49.2 Å². The standard InChI is InChI=1S/C17H18O3S/c1-12-4-3-5-14(10-12)20-8-9-21-15-7-6-13(2)16(11-15)17(18)19/h3-7,10-11H,8-9H2,1-2H3,(H,18,19). The average Bonchev–Trinajstić information content (AvgIpc) is 2.45. The molecule has 21 heavy (non-hydrogen) atoms. The smallest absolute Gasteiger partial charge is 0.335 e. The molecule has 0 aromatic heterocycles. The predicted octanol–water partition coefficient (Wildman–Crippen LogP) is 4.17. The molecule has 0 spiro atoms. The molecule has 1 N–H and O–H groups in total. The van der Waals surface area contributed by atoms with Crippen molar-refractivity contribution in [2.45, 2.75) is 18.7 Å². The molecule has 2 aromatic carbocycles. The maximum absolute atomic E-state index is 11.1. The van der Waals surface area contributed by atoms with E-state index in [1.54, 1.807) is 24.8 Å². The Hall–Kier alpha value is -1.94. The second-order valence-corrected chi connectivity index (χ2v) is 5.96. The summed E-state index contributed by atoms with van der Waals surface area (Å²) in [6, 6.07) is 13.4. The van der Waals surface area contributed by atoms with Crippen LogP contribution in [-0.4, -0.2) is 23.4 Å². The van der Waals surface area contributed by atoms with Crippen LogP contribution in [0.4, 0.5) is 0 Å². The fraction of sp³-hybridized carbons (Fsp3) is 0.235. The van der Waals surface area contributed by atoms with Crippen LogP contribution in [0.2, 0.25) is 0 Å². The van der Waals surface area contributed by atoms with Crippen molar-refractivity contribution in [3.05, 3.63) is 59.2 Å². The van der Waals surface area contributed by atoms with E-state index < -0.39 is 5.97 Å². The highest BCUT2D eigenvalue weighted by atomic mass is 32.2. The van der Waals surface area contributed by atoms with Crippen LogP contribution >= 0.6 is 11.8 Å². The summed E-state index contributed by atoms with van der Waals surface area (Å²) in [5.74, 6) is 0.757. The van der Waals surface area contributed by atoms with E-state index in [1.807, 2.05) is 43.3 Å². The van der Waals surface area contributed by atoms with Gasteiger partial charge in [0.25, 0.3) is 0 Å². The molecule has 0 amide bonds. The first-order valence-electron chi connectivity index (χ1n) is 6.72. The van der Waals surface area contributed by atoms with Crippen LogP contribution in [0, 0.1) is 13.8 Å². The molecule has 0 bridgehead atoms. The first-order valence-corrected chi connectivity index (χ1v) is 7.71. The van der Waals surface area contributed by atoms with E-state index in [-0.39, 0.29) is 0 Å². The Morgan fingerprint density at radius 1 is 1.19 bits per heavy atom. The number of aryl methyl sites for hydroxylation is 2. The molecular formula is C17H18O3S. The van der Waals surface area contributed by atoms with Crippen molar-refractivity contribution < 1.29 is 14.6 Å². The lowest BCUT2D eigenvalue weighted by atomic mass is 10.1. The van der Waals surface area contributed by atoms with E-state index in [0.717, 1.165) is 22.0 Å². The molecule has 110 valence electrons. The second kappa shape index (κ2) is 7.18. The maximum atomic E-state index is 11.1. The molecule has 0 unspecified atom stereocenters. The highest BCUT2D eigenvalue weighted by Crippen LogP contribution is 2.22. The van der Waals surface area contributed by atoms with Crippen LogP contribution in [0.15, 0.2) is 47.4 Å². The molecule has 2 rings (SSSR count). The van der Waals surface area contributed by atoms with Gasteiger partial charge >= 0.3 is 5.97 Å². The summed E-state index contributed by atoms with van der Waals surface area (Å²) in [4.78, 5) is 12.0. The number of aromatic carboxylic acids is 1. The highest BCUT2D eigenvalue weighted by molar-refractivity contribution is 7.99. The van der Waals surface area contributed by atoms with Crippen molar-refractivity contribution >= 4 is 17.7 Å². The molecule has 2 aromatic rings. The molecule has 4 heteroatoms. The summed E-state index contributed by atoms with van der Waals surface area (Å²) in [5, 5.41) is 9.10. The summed E-state index contributed by atoms with van der Waals surface area (Å²) < 4.78 is 5.67. The minimum atomic E-state index is -0.883. The van der Waals surface area contributed by atoms with E-state index in [0.29, 0.717) is 12.2 Å². The fourth-order valence-corrected chi connectivity index (χ4v) is 2.71. The van der Waals surface area contributed by atoms with Gasteiger partial charge in [-0.2, -0.15) is 0 Å². The lowest BCUT2D eigenvalue weighted by molar-refractivity contribution is 0.0696. The van der Waals surface area contributed by atoms with Crippen molar-refractivity contribution in [1.29, 1.82) is 0 Å². The van der Waals surface area contributed by atoms with Crippen molar-refractivity contribution in [2.24, 2.45) is 0 Å². The molecule has 0 aliphatic rings. The van der Waals surface area contributed by atoms with Crippen molar-refractivity contribution in [3.8, 4) is 5.75 Å². The Balaban J connectivity index is 1.86. The topological polar surface area (TPSA) is 46.5 Å². The number of thioether (sulfide) groups is 1. The number of carboxylic acid groups (broad SMARTS) is 1. The van der Waals surface area contributed by atoms with Gasteiger partial charge in [-0.15, -0.1) is 11.8 Å². The van der Waals surface area contributed by atoms with Crippen LogP contribution in [0.5, 0.6) is 5.75 Å². The van der Waals surface area contributed by atoms with Gasteiger partial charge in [0.1, 0.15) is 5.75 Å². The zero-order chi connectivity index (χ0) is 15.2. The quantitative estimate of drug-likeness (QED) is 0.642. The van der Waals surface area contributed by atoms with Gasteiger partial charge in [0.15, 0.2) is 0 Å². The minimum absolute atomic E-state index is 0.361. The zero-order valence-electron chi connectivity index (χ0n) is 12.1. The van der Waals surface area contributed by atoms with E-state index in [2.05, 4.69) is 0 Å². The second-order valence-electron chi connectivity index (χ2n) is 4.80. The summed E-state index contributed by atoms with van der Waals surface area (Å²) in [5.41, 5.74) is 2.31. The number of hydrogen-bond donors (Lipinski definition) is 1. The highest BCUT2D eigenvalue weighted by Gasteiger charge is 2.08. The summed E-state index contributed by atoms with van der Waals surface area (Å²) >= 11 is 1.60. The molecule has 0 aliphatic carbocycles. The predicted molar refractivity (Wildman–Crippen MR) is 85.5 cm³/mol. The summed E-state index contributed by atoms with van der Waals surface area (Å²) in [7, 11) is 0. The third-order valence-corrected chi connectivity index (χ3v) is 4.01. The van der Waals surface area contributed by atoms with Crippen LogP contribution in [-0.2, 0) is 0 Å². The van der Waals surface area contributed by atoms with Gasteiger partial charge in [0.05, 0.1) is 12.2 Å². The van der Waals surface area contributed by atoms with Crippen molar-refractivity contribution in [2.75, 3.05) is 12.4 Å². The Morgan fingerprint density at radius 3 is 2.71 bits per heavy atom. The van der Waals surface area contributed by atoms with Gasteiger partial charge < -0.3 is 9.84 Å². The Labute approximate surface area is 129 Å². The van der Waals surface area contributed by atoms with Crippen LogP contribution < -0.4 is 4.74 Å². The third kappa shape index (κ3) is 4.53. The maximum Gasteiger partial charge on any atom is 0.335 e. The van der Waals surface area contributed by atoms with Crippen molar-refractivity contribution in [1.82, 2.24) is 0 Å². The Morgan fingerprint density at radius 2 is 2.00 bits per heavy atom. The largest absolute Gasteiger partial charge is 0.493 e. The number of hydrogen-bond acceptors (Lipinski definition) is 3. The first kappa shape index (κ1) is 15.4. The van der Waals surface area contributed by atoms with Gasteiger partial charge in [-0.25, -0.2) is 4.79 Å². The first-order chi connectivity index (χ1) is 10.1. The molecule has 0 fully saturated rings. The molecule has 0 radical (unpaired) electrons. The summed E-state index contributed by atoms with van der Waals surface area (Å²) in [6.07, 6.45) is 0. The molecule has 0 heterocycles. The monoisotopic (exact) mass is 302 g/mol. The number of benzene rings is 2. The molecule has 0 saturated heterocycles. The number of ether oxygens (including phenoxy) is 1. The van der Waals surface area contributed by atoms with Gasteiger partial charge in [-0.1, -0.05) is 18.2 Å². The minimum Gasteiger partial charge on any atom is -0.493 e. The normalized spacial score (nSPS) is 10.4. The lowest BCUT2D eigenvalue weighted by Gasteiger charge is -2.08. The van der Waals surface area contributed by atoms with E-state index in [1.165, 1.54) is 5.56 Å². The van der Waals surface area contributed by atoms with Gasteiger partial charge in [-0.3, -0.25) is 0 Å². The molecule has 3 nitrogen and oxygen atoms in total. The number of rotatable bonds is 6. The third-order valence-electron chi connectivity index (χ3n) is 3.05. The van der Waals surface area contributed by atoms with Crippen LogP contribution in [0.3, 0.4) is 0 Å². The molecular weight excluding hydrogens is 284 g/mol. The van der Waals surface area contributed by atoms with E-state index in [9.17, 15) is 4.79 Å². The van der Waals surface area contributed by atoms with Crippen LogP contribution in [0.1, 0.15) is 21.5 Å². The number of carbonyl (C=O) groups is 1.